The molecule has 0 saturated heterocycles. The van der Waals surface area contributed by atoms with Crippen LogP contribution in [-0.4, -0.2) is 19.7 Å². The SMILES string of the molecule is Fc1cc(Br)cc2c1OCCN2CC1CC1. The van der Waals surface area contributed by atoms with Crippen LogP contribution in [0.15, 0.2) is 16.6 Å². The molecule has 1 fully saturated rings. The molecule has 0 amide bonds. The van der Waals surface area contributed by atoms with Crippen molar-refractivity contribution in [1.82, 2.24) is 0 Å². The van der Waals surface area contributed by atoms with Crippen LogP contribution >= 0.6 is 15.9 Å². The average Bonchev–Trinajstić information content (AvgIpc) is 3.03. The van der Waals surface area contributed by atoms with Crippen LogP contribution in [0.4, 0.5) is 10.1 Å². The molecule has 4 heteroatoms. The smallest absolute Gasteiger partial charge is 0.178 e. The van der Waals surface area contributed by atoms with Crippen molar-refractivity contribution < 1.29 is 9.13 Å². The lowest BCUT2D eigenvalue weighted by molar-refractivity contribution is 0.290. The predicted molar refractivity (Wildman–Crippen MR) is 64.5 cm³/mol. The van der Waals surface area contributed by atoms with Gasteiger partial charge in [-0.2, -0.15) is 0 Å². The van der Waals surface area contributed by atoms with E-state index in [9.17, 15) is 4.39 Å². The summed E-state index contributed by atoms with van der Waals surface area (Å²) in [6, 6.07) is 3.40. The number of fused-ring (bicyclic) bond motifs is 1. The normalized spacial score (nSPS) is 19.2. The molecule has 1 saturated carbocycles. The molecule has 0 N–H and O–H groups in total. The summed E-state index contributed by atoms with van der Waals surface area (Å²) >= 11 is 3.33. The molecule has 86 valence electrons. The molecule has 2 aliphatic rings. The van der Waals surface area contributed by atoms with Gasteiger partial charge in [-0.1, -0.05) is 15.9 Å². The Bertz CT molecular complexity index is 420. The molecular formula is C12H13BrFNO. The zero-order valence-electron chi connectivity index (χ0n) is 8.88. The van der Waals surface area contributed by atoms with Crippen molar-refractivity contribution in [1.29, 1.82) is 0 Å². The Morgan fingerprint density at radius 2 is 2.25 bits per heavy atom. The second-order valence-corrected chi connectivity index (χ2v) is 5.39. The van der Waals surface area contributed by atoms with E-state index in [-0.39, 0.29) is 5.82 Å². The average molecular weight is 286 g/mol. The van der Waals surface area contributed by atoms with Gasteiger partial charge in [0, 0.05) is 11.0 Å². The van der Waals surface area contributed by atoms with Crippen molar-refractivity contribution in [2.45, 2.75) is 12.8 Å². The molecule has 16 heavy (non-hydrogen) atoms. The summed E-state index contributed by atoms with van der Waals surface area (Å²) in [5.74, 6) is 0.938. The van der Waals surface area contributed by atoms with Gasteiger partial charge in [0.15, 0.2) is 11.6 Å². The fraction of sp³-hybridized carbons (Fsp3) is 0.500. The maximum atomic E-state index is 13.7. The third kappa shape index (κ3) is 1.90. The van der Waals surface area contributed by atoms with Gasteiger partial charge in [0.2, 0.25) is 0 Å². The monoisotopic (exact) mass is 285 g/mol. The van der Waals surface area contributed by atoms with Gasteiger partial charge >= 0.3 is 0 Å². The van der Waals surface area contributed by atoms with Crippen molar-refractivity contribution in [3.8, 4) is 5.75 Å². The van der Waals surface area contributed by atoms with Gasteiger partial charge in [-0.25, -0.2) is 4.39 Å². The molecule has 0 aromatic heterocycles. The zero-order valence-corrected chi connectivity index (χ0v) is 10.5. The van der Waals surface area contributed by atoms with E-state index in [1.807, 2.05) is 6.07 Å². The highest BCUT2D eigenvalue weighted by molar-refractivity contribution is 9.10. The van der Waals surface area contributed by atoms with E-state index in [0.29, 0.717) is 12.4 Å². The van der Waals surface area contributed by atoms with Crippen LogP contribution in [0.25, 0.3) is 0 Å². The Kier molecular flexibility index (Phi) is 2.54. The molecule has 1 aliphatic heterocycles. The molecule has 1 aliphatic carbocycles. The van der Waals surface area contributed by atoms with E-state index in [4.69, 9.17) is 4.74 Å². The summed E-state index contributed by atoms with van der Waals surface area (Å²) in [6.45, 7) is 2.48. The van der Waals surface area contributed by atoms with Crippen LogP contribution in [0, 0.1) is 11.7 Å². The van der Waals surface area contributed by atoms with Crippen molar-refractivity contribution in [2.75, 3.05) is 24.6 Å². The van der Waals surface area contributed by atoms with Gasteiger partial charge in [0.05, 0.1) is 12.2 Å². The standard InChI is InChI=1S/C12H13BrFNO/c13-9-5-10(14)12-11(6-9)15(3-4-16-12)7-8-1-2-8/h5-6,8H,1-4,7H2. The summed E-state index contributed by atoms with van der Waals surface area (Å²) in [5, 5.41) is 0. The number of nitrogens with zero attached hydrogens (tertiary/aromatic N) is 1. The second-order valence-electron chi connectivity index (χ2n) is 4.47. The summed E-state index contributed by atoms with van der Waals surface area (Å²) in [7, 11) is 0. The number of hydrogen-bond acceptors (Lipinski definition) is 2. The number of ether oxygens (including phenoxy) is 1. The molecule has 0 atom stereocenters. The minimum absolute atomic E-state index is 0.273. The van der Waals surface area contributed by atoms with E-state index in [1.165, 1.54) is 18.9 Å². The first-order valence-corrected chi connectivity index (χ1v) is 6.40. The Morgan fingerprint density at radius 3 is 3.00 bits per heavy atom. The topological polar surface area (TPSA) is 12.5 Å². The molecule has 3 rings (SSSR count). The molecular weight excluding hydrogens is 273 g/mol. The molecule has 0 unspecified atom stereocenters. The Labute approximate surface area is 103 Å². The second kappa shape index (κ2) is 3.91. The Morgan fingerprint density at radius 1 is 1.44 bits per heavy atom. The van der Waals surface area contributed by atoms with E-state index >= 15 is 0 Å². The summed E-state index contributed by atoms with van der Waals surface area (Å²) in [5.41, 5.74) is 0.894. The predicted octanol–water partition coefficient (Wildman–Crippen LogP) is 3.20. The van der Waals surface area contributed by atoms with Crippen LogP contribution in [0.5, 0.6) is 5.75 Å². The van der Waals surface area contributed by atoms with E-state index in [1.54, 1.807) is 0 Å². The molecule has 2 nitrogen and oxygen atoms in total. The first-order valence-electron chi connectivity index (χ1n) is 5.61. The molecule has 1 aromatic carbocycles. The summed E-state index contributed by atoms with van der Waals surface area (Å²) in [4.78, 5) is 2.24. The van der Waals surface area contributed by atoms with Crippen LogP contribution in [0.1, 0.15) is 12.8 Å². The van der Waals surface area contributed by atoms with E-state index < -0.39 is 0 Å². The van der Waals surface area contributed by atoms with Gasteiger partial charge in [-0.15, -0.1) is 0 Å². The first kappa shape index (κ1) is 10.4. The van der Waals surface area contributed by atoms with Crippen LogP contribution in [0.3, 0.4) is 0 Å². The fourth-order valence-corrected chi connectivity index (χ4v) is 2.52. The van der Waals surface area contributed by atoms with Crippen molar-refractivity contribution in [3.63, 3.8) is 0 Å². The molecule has 0 spiro atoms. The van der Waals surface area contributed by atoms with Gasteiger partial charge in [0.25, 0.3) is 0 Å². The zero-order chi connectivity index (χ0) is 11.1. The maximum absolute atomic E-state index is 13.7. The highest BCUT2D eigenvalue weighted by atomic mass is 79.9. The lowest BCUT2D eigenvalue weighted by Gasteiger charge is -2.31. The summed E-state index contributed by atoms with van der Waals surface area (Å²) in [6.07, 6.45) is 2.62. The number of benzene rings is 1. The van der Waals surface area contributed by atoms with Crippen molar-refractivity contribution in [2.24, 2.45) is 5.92 Å². The lowest BCUT2D eigenvalue weighted by atomic mass is 10.2. The lowest BCUT2D eigenvalue weighted by Crippen LogP contribution is -2.34. The number of rotatable bonds is 2. The minimum atomic E-state index is -0.273. The van der Waals surface area contributed by atoms with Gasteiger partial charge < -0.3 is 9.64 Å². The molecule has 1 heterocycles. The number of halogens is 2. The first-order chi connectivity index (χ1) is 7.74. The van der Waals surface area contributed by atoms with E-state index in [0.717, 1.165) is 29.2 Å². The Hall–Kier alpha value is -0.770. The minimum Gasteiger partial charge on any atom is -0.486 e. The molecule has 0 radical (unpaired) electrons. The van der Waals surface area contributed by atoms with Crippen LogP contribution in [0.2, 0.25) is 0 Å². The highest BCUT2D eigenvalue weighted by Crippen LogP contribution is 2.39. The van der Waals surface area contributed by atoms with E-state index in [2.05, 4.69) is 20.8 Å². The third-order valence-corrected chi connectivity index (χ3v) is 3.57. The van der Waals surface area contributed by atoms with Gasteiger partial charge in [-0.05, 0) is 30.9 Å². The van der Waals surface area contributed by atoms with Crippen molar-refractivity contribution >= 4 is 21.6 Å². The van der Waals surface area contributed by atoms with Gasteiger partial charge in [-0.3, -0.25) is 0 Å². The number of hydrogen-bond donors (Lipinski definition) is 0. The number of anilines is 1. The maximum Gasteiger partial charge on any atom is 0.178 e. The third-order valence-electron chi connectivity index (χ3n) is 3.11. The highest BCUT2D eigenvalue weighted by Gasteiger charge is 2.28. The largest absolute Gasteiger partial charge is 0.486 e. The van der Waals surface area contributed by atoms with Crippen LogP contribution < -0.4 is 9.64 Å². The quantitative estimate of drug-likeness (QED) is 0.828. The van der Waals surface area contributed by atoms with Crippen LogP contribution in [-0.2, 0) is 0 Å². The fourth-order valence-electron chi connectivity index (χ4n) is 2.10. The van der Waals surface area contributed by atoms with Gasteiger partial charge in [0.1, 0.15) is 6.61 Å². The Balaban J connectivity index is 1.95. The molecule has 1 aromatic rings. The van der Waals surface area contributed by atoms with Crippen molar-refractivity contribution in [3.05, 3.63) is 22.4 Å². The molecule has 0 bridgehead atoms. The summed E-state index contributed by atoms with van der Waals surface area (Å²) < 4.78 is 19.9.